The maximum atomic E-state index is 13.7. The fourth-order valence-corrected chi connectivity index (χ4v) is 1.99. The van der Waals surface area contributed by atoms with E-state index in [9.17, 15) is 18.7 Å². The second kappa shape index (κ2) is 7.44. The summed E-state index contributed by atoms with van der Waals surface area (Å²) in [5.41, 5.74) is -0.659. The number of halogens is 3. The molecule has 0 fully saturated rings. The molecule has 0 aliphatic heterocycles. The van der Waals surface area contributed by atoms with Gasteiger partial charge < -0.3 is 10.2 Å². The molecule has 2 N–H and O–H groups in total. The van der Waals surface area contributed by atoms with Crippen LogP contribution in [0.15, 0.2) is 22.7 Å². The van der Waals surface area contributed by atoms with Crippen LogP contribution in [0.3, 0.4) is 0 Å². The van der Waals surface area contributed by atoms with Gasteiger partial charge in [0, 0.05) is 9.78 Å². The van der Waals surface area contributed by atoms with E-state index in [2.05, 4.69) is 4.99 Å². The minimum absolute atomic E-state index is 0.0349. The Labute approximate surface area is 128 Å². The molecule has 0 saturated carbocycles. The molecule has 1 aromatic carbocycles. The summed E-state index contributed by atoms with van der Waals surface area (Å²) in [5, 5.41) is 18.6. The van der Waals surface area contributed by atoms with Gasteiger partial charge in [0.25, 0.3) is 0 Å². The van der Waals surface area contributed by atoms with Gasteiger partial charge in [-0.05, 0) is 41.6 Å². The summed E-state index contributed by atoms with van der Waals surface area (Å²) < 4.78 is 27.4. The third-order valence-electron chi connectivity index (χ3n) is 2.33. The quantitative estimate of drug-likeness (QED) is 0.265. The molecule has 0 spiro atoms. The minimum atomic E-state index is -1.24. The van der Waals surface area contributed by atoms with E-state index in [4.69, 9.17) is 5.11 Å². The number of Topliss-reactive ketones (excluding diaryl/α,β-unsaturated/α-hetero) is 1. The standard InChI is InChI=1S/C13H12F2INO3/c1-7(19)10(6-17-2-3-18)13(20)9-4-8(16)5-11(14)12(9)15/h4-6,18,20H,2-3H2,1H3/b13-10-,17-6?. The molecule has 108 valence electrons. The summed E-state index contributed by atoms with van der Waals surface area (Å²) in [6, 6.07) is 2.19. The maximum Gasteiger partial charge on any atom is 0.169 e. The highest BCUT2D eigenvalue weighted by molar-refractivity contribution is 14.1. The Bertz CT molecular complexity index is 585. The van der Waals surface area contributed by atoms with E-state index in [0.29, 0.717) is 3.57 Å². The number of allylic oxidation sites excluding steroid dienone is 1. The van der Waals surface area contributed by atoms with Crippen molar-refractivity contribution in [2.75, 3.05) is 13.2 Å². The van der Waals surface area contributed by atoms with Crippen LogP contribution in [0.2, 0.25) is 0 Å². The average Bonchev–Trinajstić information content (AvgIpc) is 2.37. The van der Waals surface area contributed by atoms with Gasteiger partial charge in [-0.2, -0.15) is 0 Å². The Kier molecular flexibility index (Phi) is 6.21. The van der Waals surface area contributed by atoms with Gasteiger partial charge in [-0.15, -0.1) is 0 Å². The lowest BCUT2D eigenvalue weighted by atomic mass is 10.1. The van der Waals surface area contributed by atoms with E-state index in [1.165, 1.54) is 13.0 Å². The maximum absolute atomic E-state index is 13.7. The molecule has 0 aliphatic rings. The third-order valence-corrected chi connectivity index (χ3v) is 2.95. The minimum Gasteiger partial charge on any atom is -0.506 e. The van der Waals surface area contributed by atoms with Crippen molar-refractivity contribution >= 4 is 40.3 Å². The number of nitrogens with zero attached hydrogens (tertiary/aromatic N) is 1. The predicted octanol–water partition coefficient (Wildman–Crippen LogP) is 2.49. The van der Waals surface area contributed by atoms with Gasteiger partial charge in [-0.25, -0.2) is 8.78 Å². The summed E-state index contributed by atoms with van der Waals surface area (Å²) in [7, 11) is 0. The van der Waals surface area contributed by atoms with Crippen molar-refractivity contribution in [2.45, 2.75) is 6.92 Å². The molecule has 0 aromatic heterocycles. The average molecular weight is 395 g/mol. The molecule has 0 atom stereocenters. The molecular formula is C13H12F2INO3. The molecule has 0 saturated heterocycles. The van der Waals surface area contributed by atoms with Gasteiger partial charge in [-0.1, -0.05) is 0 Å². The largest absolute Gasteiger partial charge is 0.506 e. The zero-order valence-electron chi connectivity index (χ0n) is 10.5. The molecule has 0 heterocycles. The van der Waals surface area contributed by atoms with Crippen molar-refractivity contribution in [3.63, 3.8) is 0 Å². The molecule has 0 aliphatic carbocycles. The summed E-state index contributed by atoms with van der Waals surface area (Å²) in [5.74, 6) is -3.59. The normalized spacial score (nSPS) is 12.7. The second-order valence-electron chi connectivity index (χ2n) is 3.83. The van der Waals surface area contributed by atoms with Crippen LogP contribution in [-0.2, 0) is 4.79 Å². The third kappa shape index (κ3) is 4.07. The highest BCUT2D eigenvalue weighted by Crippen LogP contribution is 2.24. The van der Waals surface area contributed by atoms with Gasteiger partial charge in [0.2, 0.25) is 0 Å². The van der Waals surface area contributed by atoms with Crippen molar-refractivity contribution in [1.82, 2.24) is 0 Å². The van der Waals surface area contributed by atoms with Gasteiger partial charge >= 0.3 is 0 Å². The number of carbonyl (C=O) groups is 1. The number of aliphatic imine (C=N–C) groups is 1. The van der Waals surface area contributed by atoms with Crippen LogP contribution >= 0.6 is 22.6 Å². The molecule has 7 heteroatoms. The monoisotopic (exact) mass is 395 g/mol. The van der Waals surface area contributed by atoms with Gasteiger partial charge in [0.05, 0.1) is 24.3 Å². The van der Waals surface area contributed by atoms with Gasteiger partial charge in [0.1, 0.15) is 5.76 Å². The van der Waals surface area contributed by atoms with E-state index >= 15 is 0 Å². The number of rotatable bonds is 5. The Morgan fingerprint density at radius 2 is 2.10 bits per heavy atom. The first-order valence-corrected chi connectivity index (χ1v) is 6.66. The number of hydrogen-bond donors (Lipinski definition) is 2. The van der Waals surface area contributed by atoms with E-state index in [0.717, 1.165) is 12.3 Å². The highest BCUT2D eigenvalue weighted by Gasteiger charge is 2.18. The van der Waals surface area contributed by atoms with Crippen molar-refractivity contribution in [3.05, 3.63) is 38.5 Å². The molecular weight excluding hydrogens is 383 g/mol. The lowest BCUT2D eigenvalue weighted by molar-refractivity contribution is -0.113. The summed E-state index contributed by atoms with van der Waals surface area (Å²) in [4.78, 5) is 15.1. The first kappa shape index (κ1) is 16.7. The van der Waals surface area contributed by atoms with E-state index in [1.807, 2.05) is 0 Å². The number of aliphatic hydroxyl groups is 2. The highest BCUT2D eigenvalue weighted by atomic mass is 127. The summed E-state index contributed by atoms with van der Waals surface area (Å²) in [6.45, 7) is 0.973. The van der Waals surface area contributed by atoms with Crippen molar-refractivity contribution in [2.24, 2.45) is 4.99 Å². The molecule has 0 unspecified atom stereocenters. The second-order valence-corrected chi connectivity index (χ2v) is 5.07. The van der Waals surface area contributed by atoms with Crippen LogP contribution in [0.25, 0.3) is 5.76 Å². The lowest BCUT2D eigenvalue weighted by Crippen LogP contribution is -2.06. The molecule has 1 aromatic rings. The molecule has 0 amide bonds. The lowest BCUT2D eigenvalue weighted by Gasteiger charge is -2.07. The number of ketones is 1. The van der Waals surface area contributed by atoms with Crippen LogP contribution in [0.5, 0.6) is 0 Å². The number of aliphatic hydroxyl groups excluding tert-OH is 2. The van der Waals surface area contributed by atoms with Crippen LogP contribution in [0.1, 0.15) is 12.5 Å². The number of carbonyl (C=O) groups excluding carboxylic acids is 1. The zero-order chi connectivity index (χ0) is 15.3. The molecule has 0 bridgehead atoms. The Morgan fingerprint density at radius 1 is 1.45 bits per heavy atom. The topological polar surface area (TPSA) is 69.9 Å². The fraction of sp³-hybridized carbons (Fsp3) is 0.231. The van der Waals surface area contributed by atoms with Crippen LogP contribution in [0.4, 0.5) is 8.78 Å². The van der Waals surface area contributed by atoms with E-state index in [-0.39, 0.29) is 18.7 Å². The number of hydrogen-bond acceptors (Lipinski definition) is 4. The molecule has 4 nitrogen and oxygen atoms in total. The SMILES string of the molecule is CC(=O)/C(C=NCCO)=C(\O)c1cc(I)cc(F)c1F. The number of benzene rings is 1. The van der Waals surface area contributed by atoms with Gasteiger partial charge in [-0.3, -0.25) is 9.79 Å². The predicted molar refractivity (Wildman–Crippen MR) is 79.7 cm³/mol. The first-order chi connectivity index (χ1) is 9.38. The first-order valence-electron chi connectivity index (χ1n) is 5.58. The molecule has 20 heavy (non-hydrogen) atoms. The zero-order valence-corrected chi connectivity index (χ0v) is 12.7. The smallest absolute Gasteiger partial charge is 0.169 e. The Hall–Kier alpha value is -1.35. The van der Waals surface area contributed by atoms with E-state index < -0.39 is 28.7 Å². The van der Waals surface area contributed by atoms with Crippen LogP contribution < -0.4 is 0 Å². The van der Waals surface area contributed by atoms with Crippen molar-refractivity contribution < 1.29 is 23.8 Å². The van der Waals surface area contributed by atoms with Crippen molar-refractivity contribution in [3.8, 4) is 0 Å². The van der Waals surface area contributed by atoms with Crippen molar-refractivity contribution in [1.29, 1.82) is 0 Å². The van der Waals surface area contributed by atoms with Gasteiger partial charge in [0.15, 0.2) is 17.4 Å². The summed E-state index contributed by atoms with van der Waals surface area (Å²) in [6.07, 6.45) is 1.03. The fourth-order valence-electron chi connectivity index (χ4n) is 1.41. The van der Waals surface area contributed by atoms with E-state index in [1.54, 1.807) is 22.6 Å². The molecule has 1 rings (SSSR count). The Balaban J connectivity index is 3.39. The van der Waals surface area contributed by atoms with Crippen LogP contribution in [0, 0.1) is 15.2 Å². The summed E-state index contributed by atoms with van der Waals surface area (Å²) >= 11 is 1.76. The molecule has 0 radical (unpaired) electrons. The van der Waals surface area contributed by atoms with Crippen LogP contribution in [-0.4, -0.2) is 35.4 Å². The Morgan fingerprint density at radius 3 is 2.65 bits per heavy atom.